The van der Waals surface area contributed by atoms with E-state index in [1.807, 2.05) is 18.2 Å². The molecule has 0 spiro atoms. The van der Waals surface area contributed by atoms with Gasteiger partial charge in [0.15, 0.2) is 0 Å². The highest BCUT2D eigenvalue weighted by Gasteiger charge is 2.08. The van der Waals surface area contributed by atoms with Crippen molar-refractivity contribution in [3.63, 3.8) is 0 Å². The molecule has 100 valence electrons. The van der Waals surface area contributed by atoms with E-state index >= 15 is 0 Å². The third kappa shape index (κ3) is 4.07. The highest BCUT2D eigenvalue weighted by Crippen LogP contribution is 2.24. The average Bonchev–Trinajstić information content (AvgIpc) is 2.44. The van der Waals surface area contributed by atoms with Gasteiger partial charge in [-0.05, 0) is 45.6 Å². The van der Waals surface area contributed by atoms with Crippen molar-refractivity contribution in [2.75, 3.05) is 0 Å². The molecule has 0 aliphatic heterocycles. The summed E-state index contributed by atoms with van der Waals surface area (Å²) in [6.45, 7) is 3.01. The number of benzene rings is 2. The minimum absolute atomic E-state index is 0.378. The molecule has 2 aromatic carbocycles. The molecule has 0 saturated heterocycles. The van der Waals surface area contributed by atoms with E-state index in [2.05, 4.69) is 58.5 Å². The maximum atomic E-state index is 6.11. The number of halogens is 2. The maximum absolute atomic E-state index is 6.11. The normalized spacial score (nSPS) is 12.4. The van der Waals surface area contributed by atoms with Crippen LogP contribution in [0.1, 0.15) is 30.5 Å². The van der Waals surface area contributed by atoms with Crippen LogP contribution in [-0.2, 0) is 6.54 Å². The van der Waals surface area contributed by atoms with E-state index in [9.17, 15) is 0 Å². The Morgan fingerprint density at radius 2 is 1.89 bits per heavy atom. The van der Waals surface area contributed by atoms with Crippen molar-refractivity contribution in [1.82, 2.24) is 5.32 Å². The summed E-state index contributed by atoms with van der Waals surface area (Å²) in [5.41, 5.74) is 2.52. The molecule has 0 fully saturated rings. The molecule has 1 atom stereocenters. The molecule has 0 saturated carbocycles. The zero-order chi connectivity index (χ0) is 13.7. The summed E-state index contributed by atoms with van der Waals surface area (Å²) >= 11 is 9.51. The van der Waals surface area contributed by atoms with Gasteiger partial charge in [0.1, 0.15) is 0 Å². The lowest BCUT2D eigenvalue weighted by Gasteiger charge is -2.17. The van der Waals surface area contributed by atoms with Crippen molar-refractivity contribution in [3.8, 4) is 0 Å². The Hall–Kier alpha value is -0.830. The standard InChI is InChI=1S/C16H17BrClN/c1-2-16(13-6-4-3-5-7-13)19-11-12-8-9-14(17)15(18)10-12/h3-10,16,19H,2,11H2,1H3. The summed E-state index contributed by atoms with van der Waals surface area (Å²) in [7, 11) is 0. The van der Waals surface area contributed by atoms with Gasteiger partial charge < -0.3 is 5.32 Å². The summed E-state index contributed by atoms with van der Waals surface area (Å²) in [5, 5.41) is 4.33. The molecule has 1 nitrogen and oxygen atoms in total. The summed E-state index contributed by atoms with van der Waals surface area (Å²) < 4.78 is 0.938. The maximum Gasteiger partial charge on any atom is 0.0551 e. The predicted molar refractivity (Wildman–Crippen MR) is 85.5 cm³/mol. The van der Waals surface area contributed by atoms with Gasteiger partial charge in [-0.25, -0.2) is 0 Å². The smallest absolute Gasteiger partial charge is 0.0551 e. The fourth-order valence-corrected chi connectivity index (χ4v) is 2.52. The molecular weight excluding hydrogens is 322 g/mol. The van der Waals surface area contributed by atoms with Crippen LogP contribution in [-0.4, -0.2) is 0 Å². The highest BCUT2D eigenvalue weighted by atomic mass is 79.9. The molecule has 0 aliphatic carbocycles. The van der Waals surface area contributed by atoms with Crippen molar-refractivity contribution >= 4 is 27.5 Å². The van der Waals surface area contributed by atoms with Crippen LogP contribution in [0.2, 0.25) is 5.02 Å². The van der Waals surface area contributed by atoms with Gasteiger partial charge in [-0.3, -0.25) is 0 Å². The number of hydrogen-bond acceptors (Lipinski definition) is 1. The third-order valence-corrected chi connectivity index (χ3v) is 4.38. The molecule has 1 unspecified atom stereocenters. The Morgan fingerprint density at radius 1 is 1.16 bits per heavy atom. The van der Waals surface area contributed by atoms with Gasteiger partial charge in [0.05, 0.1) is 5.02 Å². The van der Waals surface area contributed by atoms with Crippen LogP contribution in [0.5, 0.6) is 0 Å². The van der Waals surface area contributed by atoms with E-state index in [1.165, 1.54) is 11.1 Å². The highest BCUT2D eigenvalue weighted by molar-refractivity contribution is 9.10. The van der Waals surface area contributed by atoms with Gasteiger partial charge in [-0.15, -0.1) is 0 Å². The van der Waals surface area contributed by atoms with Gasteiger partial charge in [0, 0.05) is 17.1 Å². The van der Waals surface area contributed by atoms with Crippen molar-refractivity contribution in [1.29, 1.82) is 0 Å². The first kappa shape index (κ1) is 14.6. The fraction of sp³-hybridized carbons (Fsp3) is 0.250. The molecule has 19 heavy (non-hydrogen) atoms. The molecule has 2 rings (SSSR count). The largest absolute Gasteiger partial charge is 0.306 e. The monoisotopic (exact) mass is 337 g/mol. The molecule has 0 radical (unpaired) electrons. The SMILES string of the molecule is CCC(NCc1ccc(Br)c(Cl)c1)c1ccccc1. The zero-order valence-electron chi connectivity index (χ0n) is 10.9. The first-order valence-corrected chi connectivity index (χ1v) is 7.60. The van der Waals surface area contributed by atoms with Crippen LogP contribution >= 0.6 is 27.5 Å². The van der Waals surface area contributed by atoms with Crippen LogP contribution in [0.15, 0.2) is 53.0 Å². The fourth-order valence-electron chi connectivity index (χ4n) is 2.07. The minimum atomic E-state index is 0.378. The second-order valence-electron chi connectivity index (χ2n) is 4.50. The summed E-state index contributed by atoms with van der Waals surface area (Å²) in [6, 6.07) is 17.0. The lowest BCUT2D eigenvalue weighted by atomic mass is 10.0. The number of rotatable bonds is 5. The molecule has 0 amide bonds. The summed E-state index contributed by atoms with van der Waals surface area (Å²) in [5.74, 6) is 0. The minimum Gasteiger partial charge on any atom is -0.306 e. The molecule has 0 aromatic heterocycles. The molecular formula is C16H17BrClN. The van der Waals surface area contributed by atoms with Crippen LogP contribution < -0.4 is 5.32 Å². The molecule has 0 heterocycles. The van der Waals surface area contributed by atoms with Crippen LogP contribution in [0.25, 0.3) is 0 Å². The Morgan fingerprint density at radius 3 is 2.53 bits per heavy atom. The van der Waals surface area contributed by atoms with Gasteiger partial charge in [0.2, 0.25) is 0 Å². The molecule has 3 heteroatoms. The Balaban J connectivity index is 2.02. The second kappa shape index (κ2) is 7.09. The molecule has 0 bridgehead atoms. The average molecular weight is 339 g/mol. The van der Waals surface area contributed by atoms with Crippen LogP contribution in [0.3, 0.4) is 0 Å². The van der Waals surface area contributed by atoms with Crippen molar-refractivity contribution in [2.45, 2.75) is 25.9 Å². The van der Waals surface area contributed by atoms with Crippen LogP contribution in [0.4, 0.5) is 0 Å². The predicted octanol–water partition coefficient (Wildman–Crippen LogP) is 5.34. The molecule has 1 N–H and O–H groups in total. The third-order valence-electron chi connectivity index (χ3n) is 3.15. The van der Waals surface area contributed by atoms with E-state index in [-0.39, 0.29) is 0 Å². The van der Waals surface area contributed by atoms with Crippen molar-refractivity contribution in [2.24, 2.45) is 0 Å². The lowest BCUT2D eigenvalue weighted by molar-refractivity contribution is 0.519. The second-order valence-corrected chi connectivity index (χ2v) is 5.76. The Bertz CT molecular complexity index is 528. The number of hydrogen-bond donors (Lipinski definition) is 1. The summed E-state index contributed by atoms with van der Waals surface area (Å²) in [6.07, 6.45) is 1.06. The van der Waals surface area contributed by atoms with Crippen LogP contribution in [0, 0.1) is 0 Å². The van der Waals surface area contributed by atoms with Crippen molar-refractivity contribution < 1.29 is 0 Å². The lowest BCUT2D eigenvalue weighted by Crippen LogP contribution is -2.20. The zero-order valence-corrected chi connectivity index (χ0v) is 13.2. The quantitative estimate of drug-likeness (QED) is 0.775. The van der Waals surface area contributed by atoms with E-state index in [0.29, 0.717) is 6.04 Å². The number of nitrogens with one attached hydrogen (secondary N) is 1. The Labute approximate surface area is 128 Å². The molecule has 2 aromatic rings. The topological polar surface area (TPSA) is 12.0 Å². The van der Waals surface area contributed by atoms with Gasteiger partial charge in [-0.1, -0.05) is 54.9 Å². The van der Waals surface area contributed by atoms with Gasteiger partial charge in [-0.2, -0.15) is 0 Å². The van der Waals surface area contributed by atoms with Gasteiger partial charge >= 0.3 is 0 Å². The van der Waals surface area contributed by atoms with E-state index in [1.54, 1.807) is 0 Å². The first-order chi connectivity index (χ1) is 9.20. The van der Waals surface area contributed by atoms with Crippen molar-refractivity contribution in [3.05, 3.63) is 69.2 Å². The van der Waals surface area contributed by atoms with E-state index in [0.717, 1.165) is 22.5 Å². The summed E-state index contributed by atoms with van der Waals surface area (Å²) in [4.78, 5) is 0. The molecule has 0 aliphatic rings. The van der Waals surface area contributed by atoms with Gasteiger partial charge in [0.25, 0.3) is 0 Å². The van der Waals surface area contributed by atoms with E-state index in [4.69, 9.17) is 11.6 Å². The van der Waals surface area contributed by atoms with E-state index < -0.39 is 0 Å². The first-order valence-electron chi connectivity index (χ1n) is 6.43. The Kier molecular flexibility index (Phi) is 5.44.